The highest BCUT2D eigenvalue weighted by Gasteiger charge is 2.32. The fraction of sp³-hybridized carbons (Fsp3) is 0.111. The van der Waals surface area contributed by atoms with Crippen molar-refractivity contribution in [2.75, 3.05) is 12.0 Å². The zero-order valence-corrected chi connectivity index (χ0v) is 14.0. The zero-order valence-electron chi connectivity index (χ0n) is 13.2. The second-order valence-electron chi connectivity index (χ2n) is 5.31. The number of hydrogen-bond donors (Lipinski definition) is 1. The van der Waals surface area contributed by atoms with Crippen molar-refractivity contribution in [2.24, 2.45) is 0 Å². The van der Waals surface area contributed by atoms with E-state index in [-0.39, 0.29) is 11.7 Å². The van der Waals surface area contributed by atoms with Crippen LogP contribution in [-0.4, -0.2) is 18.1 Å². The van der Waals surface area contributed by atoms with Crippen LogP contribution in [0, 0.1) is 12.7 Å². The standard InChI is InChI=1S/C18H15FN2O2S/c1-11-5-3-4-6-15(11)21-17(22)14(20-18(21)24)10-12-7-8-16(23-2)13(19)9-12/h3-10H,1-2H3,(H,20,24)/b14-10-. The van der Waals surface area contributed by atoms with Gasteiger partial charge in [-0.15, -0.1) is 0 Å². The van der Waals surface area contributed by atoms with Crippen molar-refractivity contribution >= 4 is 35.0 Å². The molecule has 0 aliphatic carbocycles. The molecule has 1 heterocycles. The van der Waals surface area contributed by atoms with Crippen molar-refractivity contribution in [1.29, 1.82) is 0 Å². The number of rotatable bonds is 3. The van der Waals surface area contributed by atoms with E-state index < -0.39 is 5.82 Å². The fourth-order valence-electron chi connectivity index (χ4n) is 2.51. The molecular weight excluding hydrogens is 327 g/mol. The third-order valence-electron chi connectivity index (χ3n) is 3.72. The summed E-state index contributed by atoms with van der Waals surface area (Å²) in [6, 6.07) is 12.0. The molecule has 3 rings (SSSR count). The van der Waals surface area contributed by atoms with Crippen LogP contribution in [0.1, 0.15) is 11.1 Å². The average Bonchev–Trinajstić information content (AvgIpc) is 2.82. The number of hydrogen-bond acceptors (Lipinski definition) is 3. The lowest BCUT2D eigenvalue weighted by atomic mass is 10.1. The third-order valence-corrected chi connectivity index (χ3v) is 4.01. The van der Waals surface area contributed by atoms with Crippen LogP contribution in [0.5, 0.6) is 5.75 Å². The molecule has 0 bridgehead atoms. The van der Waals surface area contributed by atoms with Crippen LogP contribution >= 0.6 is 12.2 Å². The lowest BCUT2D eigenvalue weighted by molar-refractivity contribution is -0.113. The normalized spacial score (nSPS) is 15.8. The number of methoxy groups -OCH3 is 1. The van der Waals surface area contributed by atoms with Gasteiger partial charge in [-0.25, -0.2) is 4.39 Å². The first-order chi connectivity index (χ1) is 11.5. The van der Waals surface area contributed by atoms with E-state index in [9.17, 15) is 9.18 Å². The SMILES string of the molecule is COc1ccc(/C=C2\NC(=S)N(c3ccccc3C)C2=O)cc1F. The van der Waals surface area contributed by atoms with Gasteiger partial charge in [-0.05, 0) is 54.5 Å². The highest BCUT2D eigenvalue weighted by Crippen LogP contribution is 2.26. The topological polar surface area (TPSA) is 41.6 Å². The summed E-state index contributed by atoms with van der Waals surface area (Å²) >= 11 is 5.28. The Balaban J connectivity index is 1.94. The molecule has 24 heavy (non-hydrogen) atoms. The van der Waals surface area contributed by atoms with E-state index in [2.05, 4.69) is 5.32 Å². The van der Waals surface area contributed by atoms with E-state index in [0.717, 1.165) is 11.3 Å². The van der Waals surface area contributed by atoms with Crippen LogP contribution in [0.3, 0.4) is 0 Å². The van der Waals surface area contributed by atoms with Crippen LogP contribution in [0.25, 0.3) is 6.08 Å². The van der Waals surface area contributed by atoms with Gasteiger partial charge in [-0.1, -0.05) is 24.3 Å². The van der Waals surface area contributed by atoms with Gasteiger partial charge in [-0.2, -0.15) is 0 Å². The molecule has 1 N–H and O–H groups in total. The number of ether oxygens (including phenoxy) is 1. The van der Waals surface area contributed by atoms with Gasteiger partial charge in [0, 0.05) is 0 Å². The minimum Gasteiger partial charge on any atom is -0.494 e. The monoisotopic (exact) mass is 342 g/mol. The van der Waals surface area contributed by atoms with Crippen LogP contribution in [0.4, 0.5) is 10.1 Å². The number of aryl methyl sites for hydroxylation is 1. The Hall–Kier alpha value is -2.73. The first-order valence-electron chi connectivity index (χ1n) is 7.27. The Bertz CT molecular complexity index is 864. The molecule has 0 radical (unpaired) electrons. The third kappa shape index (κ3) is 2.88. The van der Waals surface area contributed by atoms with Gasteiger partial charge in [0.1, 0.15) is 5.70 Å². The van der Waals surface area contributed by atoms with Gasteiger partial charge in [-0.3, -0.25) is 9.69 Å². The first kappa shape index (κ1) is 16.1. The van der Waals surface area contributed by atoms with Crippen LogP contribution < -0.4 is 15.0 Å². The quantitative estimate of drug-likeness (QED) is 0.686. The van der Waals surface area contributed by atoms with Crippen molar-refractivity contribution in [3.63, 3.8) is 0 Å². The Morgan fingerprint density at radius 2 is 2.00 bits per heavy atom. The molecule has 0 saturated carbocycles. The van der Waals surface area contributed by atoms with Gasteiger partial charge in [0.25, 0.3) is 5.91 Å². The summed E-state index contributed by atoms with van der Waals surface area (Å²) in [5.41, 5.74) is 2.50. The van der Waals surface area contributed by atoms with Crippen LogP contribution in [-0.2, 0) is 4.79 Å². The predicted octanol–water partition coefficient (Wildman–Crippen LogP) is 3.40. The molecule has 4 nitrogen and oxygen atoms in total. The number of thiocarbonyl (C=S) groups is 1. The number of nitrogens with one attached hydrogen (secondary N) is 1. The summed E-state index contributed by atoms with van der Waals surface area (Å²) in [7, 11) is 1.40. The minimum absolute atomic E-state index is 0.153. The van der Waals surface area contributed by atoms with E-state index in [4.69, 9.17) is 17.0 Å². The maximum absolute atomic E-state index is 13.8. The van der Waals surface area contributed by atoms with Gasteiger partial charge in [0.15, 0.2) is 16.7 Å². The van der Waals surface area contributed by atoms with Crippen molar-refractivity contribution in [3.8, 4) is 5.75 Å². The minimum atomic E-state index is -0.490. The number of nitrogens with zero attached hydrogens (tertiary/aromatic N) is 1. The zero-order chi connectivity index (χ0) is 17.3. The molecule has 1 aliphatic heterocycles. The highest BCUT2D eigenvalue weighted by molar-refractivity contribution is 7.80. The number of anilines is 1. The summed E-state index contributed by atoms with van der Waals surface area (Å²) in [6.07, 6.45) is 1.56. The second kappa shape index (κ2) is 6.41. The van der Waals surface area contributed by atoms with E-state index in [1.54, 1.807) is 12.1 Å². The number of carbonyl (C=O) groups is 1. The van der Waals surface area contributed by atoms with Crippen LogP contribution in [0.2, 0.25) is 0 Å². The van der Waals surface area contributed by atoms with Gasteiger partial charge >= 0.3 is 0 Å². The summed E-state index contributed by atoms with van der Waals surface area (Å²) in [5.74, 6) is -0.610. The molecule has 122 valence electrons. The van der Waals surface area contributed by atoms with E-state index in [1.165, 1.54) is 24.1 Å². The number of benzene rings is 2. The molecule has 0 aromatic heterocycles. The average molecular weight is 342 g/mol. The second-order valence-corrected chi connectivity index (χ2v) is 5.70. The molecule has 0 atom stereocenters. The number of amides is 1. The lowest BCUT2D eigenvalue weighted by Gasteiger charge is -2.16. The fourth-order valence-corrected chi connectivity index (χ4v) is 2.80. The summed E-state index contributed by atoms with van der Waals surface area (Å²) in [4.78, 5) is 14.1. The predicted molar refractivity (Wildman–Crippen MR) is 95.3 cm³/mol. The van der Waals surface area contributed by atoms with Crippen LogP contribution in [0.15, 0.2) is 48.2 Å². The molecule has 0 unspecified atom stereocenters. The summed E-state index contributed by atoms with van der Waals surface area (Å²) in [5, 5.41) is 3.19. The highest BCUT2D eigenvalue weighted by atomic mass is 32.1. The Labute approximate surface area is 144 Å². The summed E-state index contributed by atoms with van der Waals surface area (Å²) < 4.78 is 18.7. The van der Waals surface area contributed by atoms with Crippen molar-refractivity contribution in [2.45, 2.75) is 6.92 Å². The molecule has 1 saturated heterocycles. The summed E-state index contributed by atoms with van der Waals surface area (Å²) in [6.45, 7) is 1.91. The van der Waals surface area contributed by atoms with Crippen molar-refractivity contribution in [3.05, 3.63) is 65.1 Å². The van der Waals surface area contributed by atoms with Gasteiger partial charge in [0.2, 0.25) is 0 Å². The largest absolute Gasteiger partial charge is 0.494 e. The number of para-hydroxylation sites is 1. The number of halogens is 1. The molecule has 0 spiro atoms. The molecule has 1 fully saturated rings. The van der Waals surface area contributed by atoms with E-state index in [1.807, 2.05) is 31.2 Å². The Morgan fingerprint density at radius 1 is 1.25 bits per heavy atom. The molecule has 2 aromatic rings. The maximum Gasteiger partial charge on any atom is 0.281 e. The maximum atomic E-state index is 13.8. The Morgan fingerprint density at radius 3 is 2.67 bits per heavy atom. The first-order valence-corrected chi connectivity index (χ1v) is 7.68. The van der Waals surface area contributed by atoms with Crippen molar-refractivity contribution < 1.29 is 13.9 Å². The molecule has 2 aromatic carbocycles. The molecular formula is C18H15FN2O2S. The van der Waals surface area contributed by atoms with E-state index >= 15 is 0 Å². The number of carbonyl (C=O) groups excluding carboxylic acids is 1. The van der Waals surface area contributed by atoms with Gasteiger partial charge in [0.05, 0.1) is 12.8 Å². The molecule has 1 aliphatic rings. The Kier molecular flexibility index (Phi) is 4.31. The van der Waals surface area contributed by atoms with E-state index in [0.29, 0.717) is 16.4 Å². The van der Waals surface area contributed by atoms with Gasteiger partial charge < -0.3 is 10.1 Å². The molecule has 1 amide bonds. The van der Waals surface area contributed by atoms with Crippen molar-refractivity contribution in [1.82, 2.24) is 5.32 Å². The lowest BCUT2D eigenvalue weighted by Crippen LogP contribution is -2.30. The smallest absolute Gasteiger partial charge is 0.281 e. The molecule has 6 heteroatoms.